The van der Waals surface area contributed by atoms with Crippen molar-refractivity contribution >= 4 is 52.8 Å². The van der Waals surface area contributed by atoms with Crippen molar-refractivity contribution in [3.63, 3.8) is 0 Å². The zero-order valence-electron chi connectivity index (χ0n) is 37.4. The highest BCUT2D eigenvalue weighted by Gasteiger charge is 2.24. The number of allylic oxidation sites excluding steroid dienone is 4. The van der Waals surface area contributed by atoms with Gasteiger partial charge in [0, 0.05) is 21.9 Å². The van der Waals surface area contributed by atoms with Crippen molar-refractivity contribution in [3.8, 4) is 11.5 Å². The van der Waals surface area contributed by atoms with E-state index in [2.05, 4.69) is 24.5 Å². The van der Waals surface area contributed by atoms with Gasteiger partial charge in [0.25, 0.3) is 0 Å². The van der Waals surface area contributed by atoms with Gasteiger partial charge in [0.2, 0.25) is 0 Å². The molecule has 2 atom stereocenters. The fraction of sp³-hybridized carbons (Fsp3) is 0.408. The zero-order chi connectivity index (χ0) is 44.9. The first-order valence-corrected chi connectivity index (χ1v) is 23.2. The molecular formula is C49H62N4O7S2. The Morgan fingerprint density at radius 2 is 1.00 bits per heavy atom. The number of nitrogens with one attached hydrogen (secondary N) is 2. The summed E-state index contributed by atoms with van der Waals surface area (Å²) in [5, 5.41) is 11.8. The predicted molar refractivity (Wildman–Crippen MR) is 251 cm³/mol. The SMILES string of the molecule is CCCCOc1ccc(C[C@H](NC(=O)N[C@@H](Cc2ccc(OCCCC)cc2)c2nc(/C=C(C)/C=C(/C)C(=O)OCC)cs2)c2nc(/C=C(C)/C=C(/C)C(=O)OCC)cs2)cc1. The molecule has 0 aliphatic heterocycles. The molecule has 2 N–H and O–H groups in total. The van der Waals surface area contributed by atoms with Crippen molar-refractivity contribution in [1.29, 1.82) is 0 Å². The van der Waals surface area contributed by atoms with Crippen molar-refractivity contribution < 1.29 is 33.3 Å². The third-order valence-corrected chi connectivity index (χ3v) is 11.3. The summed E-state index contributed by atoms with van der Waals surface area (Å²) in [6.07, 6.45) is 12.4. The molecule has 2 heterocycles. The van der Waals surface area contributed by atoms with Crippen LogP contribution in [-0.2, 0) is 31.9 Å². The van der Waals surface area contributed by atoms with Crippen LogP contribution in [0.1, 0.15) is 126 Å². The van der Waals surface area contributed by atoms with Crippen LogP contribution < -0.4 is 20.1 Å². The average molecular weight is 883 g/mol. The molecule has 0 bridgehead atoms. The second-order valence-corrected chi connectivity index (χ2v) is 16.7. The van der Waals surface area contributed by atoms with E-state index in [-0.39, 0.29) is 18.0 Å². The van der Waals surface area contributed by atoms with Crippen LogP contribution >= 0.6 is 22.7 Å². The van der Waals surface area contributed by atoms with Crippen molar-refractivity contribution in [3.05, 3.63) is 126 Å². The molecule has 2 aromatic carbocycles. The summed E-state index contributed by atoms with van der Waals surface area (Å²) < 4.78 is 22.1. The molecule has 332 valence electrons. The minimum absolute atomic E-state index is 0.306. The van der Waals surface area contributed by atoms with Gasteiger partial charge in [0.1, 0.15) is 21.5 Å². The number of unbranched alkanes of at least 4 members (excludes halogenated alkanes) is 2. The average Bonchev–Trinajstić information content (AvgIpc) is 3.92. The standard InChI is InChI=1S/C49H62N4O7S2/c1-9-13-23-59-41-19-15-37(16-20-41)29-43(45-50-39(31-61-45)27-33(5)25-35(7)47(54)57-11-3)52-49(56)53-44(30-38-17-21-42(22-18-38)60-24-14-10-2)46-51-40(32-62-46)28-34(6)26-36(8)48(55)58-12-4/h15-22,25-28,31-32,43-44H,9-14,23-24,29-30H2,1-8H3,(H2,52,53,56)/b33-27+,34-28+,35-25-,36-26-/t43-,44-/m0/s1. The number of nitrogens with zero attached hydrogens (tertiary/aromatic N) is 2. The molecule has 0 saturated heterocycles. The van der Waals surface area contributed by atoms with Gasteiger partial charge < -0.3 is 29.6 Å². The van der Waals surface area contributed by atoms with Crippen LogP contribution in [-0.4, -0.2) is 54.4 Å². The molecule has 11 nitrogen and oxygen atoms in total. The highest BCUT2D eigenvalue weighted by atomic mass is 32.1. The highest BCUT2D eigenvalue weighted by molar-refractivity contribution is 7.10. The van der Waals surface area contributed by atoms with Crippen LogP contribution in [0, 0.1) is 0 Å². The number of esters is 2. The summed E-state index contributed by atoms with van der Waals surface area (Å²) in [6, 6.07) is 14.6. The molecule has 0 aliphatic rings. The lowest BCUT2D eigenvalue weighted by Gasteiger charge is -2.21. The molecule has 4 rings (SSSR count). The third-order valence-electron chi connectivity index (χ3n) is 9.38. The molecule has 0 spiro atoms. The number of thiazole rings is 2. The number of benzene rings is 2. The number of carbonyl (C=O) groups is 3. The van der Waals surface area contributed by atoms with Gasteiger partial charge in [0.05, 0.1) is 49.9 Å². The number of amides is 2. The second kappa shape index (κ2) is 26.1. The Morgan fingerprint density at radius 1 is 0.613 bits per heavy atom. The Labute approximate surface area is 375 Å². The van der Waals surface area contributed by atoms with E-state index >= 15 is 0 Å². The summed E-state index contributed by atoms with van der Waals surface area (Å²) in [6.45, 7) is 17.0. The molecule has 0 unspecified atom stereocenters. The van der Waals surface area contributed by atoms with E-state index in [1.807, 2.05) is 85.3 Å². The maximum atomic E-state index is 14.2. The predicted octanol–water partition coefficient (Wildman–Crippen LogP) is 11.3. The maximum Gasteiger partial charge on any atom is 0.333 e. The van der Waals surface area contributed by atoms with E-state index in [9.17, 15) is 14.4 Å². The Morgan fingerprint density at radius 3 is 1.35 bits per heavy atom. The van der Waals surface area contributed by atoms with Gasteiger partial charge in [-0.05, 0) is 138 Å². The fourth-order valence-corrected chi connectivity index (χ4v) is 7.89. The van der Waals surface area contributed by atoms with E-state index < -0.39 is 12.1 Å². The molecule has 62 heavy (non-hydrogen) atoms. The molecular weight excluding hydrogens is 821 g/mol. The van der Waals surface area contributed by atoms with Crippen LogP contribution in [0.25, 0.3) is 12.2 Å². The van der Waals surface area contributed by atoms with E-state index in [1.54, 1.807) is 39.8 Å². The first kappa shape index (κ1) is 49.1. The molecule has 0 saturated carbocycles. The Kier molecular flexibility index (Phi) is 20.6. The van der Waals surface area contributed by atoms with Crippen molar-refractivity contribution in [1.82, 2.24) is 20.6 Å². The summed E-state index contributed by atoms with van der Waals surface area (Å²) in [5.41, 5.74) is 6.13. The smallest absolute Gasteiger partial charge is 0.333 e. The normalized spacial score (nSPS) is 13.3. The van der Waals surface area contributed by atoms with Gasteiger partial charge in [-0.1, -0.05) is 51.0 Å². The van der Waals surface area contributed by atoms with Gasteiger partial charge in [-0.15, -0.1) is 22.7 Å². The van der Waals surface area contributed by atoms with Crippen molar-refractivity contribution in [2.24, 2.45) is 0 Å². The van der Waals surface area contributed by atoms with Gasteiger partial charge in [-0.2, -0.15) is 0 Å². The molecule has 4 aromatic rings. The number of aromatic nitrogens is 2. The molecule has 0 aliphatic carbocycles. The van der Waals surface area contributed by atoms with Crippen molar-refractivity contribution in [2.75, 3.05) is 26.4 Å². The Hall–Kier alpha value is -5.53. The molecule has 13 heteroatoms. The number of hydrogen-bond acceptors (Lipinski definition) is 11. The van der Waals surface area contributed by atoms with Gasteiger partial charge in [0.15, 0.2) is 0 Å². The summed E-state index contributed by atoms with van der Waals surface area (Å²) in [4.78, 5) is 48.5. The molecule has 2 amide bonds. The van der Waals surface area contributed by atoms with Crippen LogP contribution in [0.3, 0.4) is 0 Å². The monoisotopic (exact) mass is 882 g/mol. The summed E-state index contributed by atoms with van der Waals surface area (Å²) >= 11 is 2.91. The fourth-order valence-electron chi connectivity index (χ4n) is 6.24. The number of hydrogen-bond donors (Lipinski definition) is 2. The zero-order valence-corrected chi connectivity index (χ0v) is 39.0. The van der Waals surface area contributed by atoms with Crippen molar-refractivity contribution in [2.45, 2.75) is 106 Å². The minimum atomic E-state index is -0.474. The van der Waals surface area contributed by atoms with Gasteiger partial charge >= 0.3 is 18.0 Å². The highest BCUT2D eigenvalue weighted by Crippen LogP contribution is 2.28. The lowest BCUT2D eigenvalue weighted by molar-refractivity contribution is -0.139. The number of carbonyl (C=O) groups excluding carboxylic acids is 3. The van der Waals surface area contributed by atoms with Gasteiger partial charge in [-0.3, -0.25) is 0 Å². The minimum Gasteiger partial charge on any atom is -0.494 e. The molecule has 2 aromatic heterocycles. The van der Waals surface area contributed by atoms with E-state index in [4.69, 9.17) is 28.9 Å². The van der Waals surface area contributed by atoms with Crippen LogP contribution in [0.2, 0.25) is 0 Å². The van der Waals surface area contributed by atoms with Crippen LogP contribution in [0.5, 0.6) is 11.5 Å². The summed E-state index contributed by atoms with van der Waals surface area (Å²) in [7, 11) is 0. The number of urea groups is 1. The van der Waals surface area contributed by atoms with E-state index in [1.165, 1.54) is 22.7 Å². The Balaban J connectivity index is 1.63. The quantitative estimate of drug-likeness (QED) is 0.0305. The number of rotatable bonds is 24. The molecule has 0 fully saturated rings. The third kappa shape index (κ3) is 16.7. The van der Waals surface area contributed by atoms with Crippen LogP contribution in [0.15, 0.2) is 93.7 Å². The first-order valence-electron chi connectivity index (χ1n) is 21.4. The molecule has 0 radical (unpaired) electrons. The van der Waals surface area contributed by atoms with E-state index in [0.717, 1.165) is 69.5 Å². The topological polar surface area (TPSA) is 138 Å². The first-order chi connectivity index (χ1) is 29.9. The lowest BCUT2D eigenvalue weighted by Crippen LogP contribution is -2.41. The van der Waals surface area contributed by atoms with Crippen LogP contribution in [0.4, 0.5) is 4.79 Å². The second-order valence-electron chi connectivity index (χ2n) is 14.9. The Bertz CT molecular complexity index is 2020. The lowest BCUT2D eigenvalue weighted by atomic mass is 10.1. The largest absolute Gasteiger partial charge is 0.494 e. The van der Waals surface area contributed by atoms with E-state index in [0.29, 0.717) is 61.8 Å². The summed E-state index contributed by atoms with van der Waals surface area (Å²) in [5.74, 6) is 0.882. The number of ether oxygens (including phenoxy) is 4. The van der Waals surface area contributed by atoms with Gasteiger partial charge in [-0.25, -0.2) is 24.4 Å². The maximum absolute atomic E-state index is 14.2.